The Bertz CT molecular complexity index is 1530. The molecule has 0 aliphatic heterocycles. The lowest BCUT2D eigenvalue weighted by Gasteiger charge is -2.24. The number of carbonyl (C=O) groups excluding carboxylic acids is 2. The molecule has 4 rings (SSSR count). The van der Waals surface area contributed by atoms with E-state index >= 15 is 0 Å². The molecule has 1 aromatic carbocycles. The Kier molecular flexibility index (Phi) is 11.0. The van der Waals surface area contributed by atoms with E-state index in [0.29, 0.717) is 30.3 Å². The molecule has 0 aliphatic carbocycles. The van der Waals surface area contributed by atoms with Gasteiger partial charge in [0, 0.05) is 53.6 Å². The molecule has 0 unspecified atom stereocenters. The zero-order valence-corrected chi connectivity index (χ0v) is 26.5. The van der Waals surface area contributed by atoms with E-state index in [1.165, 1.54) is 12.3 Å². The van der Waals surface area contributed by atoms with Gasteiger partial charge in [-0.2, -0.15) is 0 Å². The smallest absolute Gasteiger partial charge is 0.270 e. The predicted octanol–water partition coefficient (Wildman–Crippen LogP) is 5.47. The minimum absolute atomic E-state index is 0.0530. The quantitative estimate of drug-likeness (QED) is 0.109. The van der Waals surface area contributed by atoms with Crippen LogP contribution < -0.4 is 16.0 Å². The molecule has 0 aliphatic rings. The number of rotatable bonds is 13. The summed E-state index contributed by atoms with van der Waals surface area (Å²) >= 11 is 2.27. The van der Waals surface area contributed by atoms with Crippen molar-refractivity contribution >= 4 is 56.9 Å². The van der Waals surface area contributed by atoms with Crippen LogP contribution in [0.3, 0.4) is 0 Å². The average Bonchev–Trinajstić information content (AvgIpc) is 3.41. The second kappa shape index (κ2) is 14.9. The Morgan fingerprint density at radius 2 is 1.83 bits per heavy atom. The van der Waals surface area contributed by atoms with E-state index in [1.807, 2.05) is 56.5 Å². The summed E-state index contributed by atoms with van der Waals surface area (Å²) < 4.78 is 0.966. The first-order valence-corrected chi connectivity index (χ1v) is 15.1. The number of para-hydroxylation sites is 1. The summed E-state index contributed by atoms with van der Waals surface area (Å²) in [6, 6.07) is 11.4. The SMILES string of the molecule is CC[C@@H](C[C@@H](CC)Nc1ncc(I)c(-c2c[nH]c3ccccc23)n1)NC(=O)c1ccc(NC(=O)/C=C/CN(C)C)cn1. The van der Waals surface area contributed by atoms with Gasteiger partial charge in [0.25, 0.3) is 5.91 Å². The maximum absolute atomic E-state index is 13.0. The van der Waals surface area contributed by atoms with Crippen molar-refractivity contribution in [3.63, 3.8) is 0 Å². The Morgan fingerprint density at radius 1 is 1.05 bits per heavy atom. The molecule has 10 nitrogen and oxygen atoms in total. The van der Waals surface area contributed by atoms with E-state index in [0.717, 1.165) is 38.6 Å². The maximum atomic E-state index is 13.0. The first kappa shape index (κ1) is 31.1. The number of pyridine rings is 1. The number of amides is 2. The molecule has 11 heteroatoms. The van der Waals surface area contributed by atoms with Crippen molar-refractivity contribution in [2.24, 2.45) is 0 Å². The van der Waals surface area contributed by atoms with E-state index in [-0.39, 0.29) is 23.9 Å². The number of aromatic amines is 1. The molecule has 42 heavy (non-hydrogen) atoms. The van der Waals surface area contributed by atoms with E-state index < -0.39 is 0 Å². The van der Waals surface area contributed by atoms with E-state index in [2.05, 4.69) is 66.5 Å². The number of benzene rings is 1. The summed E-state index contributed by atoms with van der Waals surface area (Å²) in [7, 11) is 3.86. The largest absolute Gasteiger partial charge is 0.360 e. The molecule has 2 amide bonds. The topological polar surface area (TPSA) is 128 Å². The normalized spacial score (nSPS) is 12.9. The van der Waals surface area contributed by atoms with Gasteiger partial charge >= 0.3 is 0 Å². The Hall–Kier alpha value is -3.84. The maximum Gasteiger partial charge on any atom is 0.270 e. The van der Waals surface area contributed by atoms with Crippen molar-refractivity contribution < 1.29 is 9.59 Å². The highest BCUT2D eigenvalue weighted by molar-refractivity contribution is 14.1. The van der Waals surface area contributed by atoms with Crippen LogP contribution in [0.4, 0.5) is 11.6 Å². The van der Waals surface area contributed by atoms with Crippen LogP contribution in [0.15, 0.2) is 67.1 Å². The fraction of sp³-hybridized carbons (Fsp3) is 0.323. The number of fused-ring (bicyclic) bond motifs is 1. The highest BCUT2D eigenvalue weighted by Crippen LogP contribution is 2.31. The third-order valence-corrected chi connectivity index (χ3v) is 7.60. The summed E-state index contributed by atoms with van der Waals surface area (Å²) in [6.07, 6.45) is 10.8. The van der Waals surface area contributed by atoms with Crippen molar-refractivity contribution in [3.05, 3.63) is 76.4 Å². The van der Waals surface area contributed by atoms with Gasteiger partial charge in [-0.05, 0) is 74.1 Å². The van der Waals surface area contributed by atoms with Crippen LogP contribution in [0.25, 0.3) is 22.2 Å². The van der Waals surface area contributed by atoms with Gasteiger partial charge in [0.2, 0.25) is 11.9 Å². The predicted molar refractivity (Wildman–Crippen MR) is 176 cm³/mol. The van der Waals surface area contributed by atoms with E-state index in [9.17, 15) is 9.59 Å². The number of nitrogens with one attached hydrogen (secondary N) is 4. The van der Waals surface area contributed by atoms with Gasteiger partial charge in [-0.25, -0.2) is 15.0 Å². The fourth-order valence-corrected chi connectivity index (χ4v) is 5.04. The van der Waals surface area contributed by atoms with Crippen LogP contribution in [0, 0.1) is 3.57 Å². The van der Waals surface area contributed by atoms with Gasteiger partial charge in [0.15, 0.2) is 0 Å². The van der Waals surface area contributed by atoms with Crippen LogP contribution in [-0.4, -0.2) is 69.4 Å². The molecule has 0 spiro atoms. The second-order valence-corrected chi connectivity index (χ2v) is 11.5. The Labute approximate surface area is 260 Å². The highest BCUT2D eigenvalue weighted by Gasteiger charge is 2.20. The zero-order chi connectivity index (χ0) is 30.1. The number of anilines is 2. The molecule has 0 bridgehead atoms. The first-order chi connectivity index (χ1) is 20.3. The third-order valence-electron chi connectivity index (χ3n) is 6.81. The number of hydrogen-bond donors (Lipinski definition) is 4. The standard InChI is InChI=1S/C31H37IN8O2/c1-5-20(37-30(42)27-14-13-22(17-33-27)36-28(41)12-9-15-40(3)4)16-21(6-2)38-31-35-19-25(32)29(39-31)24-18-34-26-11-8-7-10-23(24)26/h7-14,17-21,34H,5-6,15-16H2,1-4H3,(H,36,41)(H,37,42)(H,35,38,39)/b12-9+/t20-,21+/m0/s1. The van der Waals surface area contributed by atoms with Gasteiger partial charge in [-0.15, -0.1) is 0 Å². The van der Waals surface area contributed by atoms with E-state index in [1.54, 1.807) is 18.2 Å². The van der Waals surface area contributed by atoms with Gasteiger partial charge in [0.05, 0.1) is 21.1 Å². The minimum Gasteiger partial charge on any atom is -0.360 e. The number of likely N-dealkylation sites (N-methyl/N-ethyl adjacent to an activating group) is 1. The molecule has 0 radical (unpaired) electrons. The number of carbonyl (C=O) groups is 2. The van der Waals surface area contributed by atoms with Gasteiger partial charge < -0.3 is 25.8 Å². The molecular formula is C31H37IN8O2. The summed E-state index contributed by atoms with van der Waals surface area (Å²) in [6.45, 7) is 4.81. The zero-order valence-electron chi connectivity index (χ0n) is 24.3. The lowest BCUT2D eigenvalue weighted by Crippen LogP contribution is -2.39. The van der Waals surface area contributed by atoms with Crippen molar-refractivity contribution in [2.45, 2.75) is 45.2 Å². The molecule has 3 aromatic heterocycles. The molecule has 0 saturated carbocycles. The summed E-state index contributed by atoms with van der Waals surface area (Å²) in [4.78, 5) is 44.0. The molecule has 0 fully saturated rings. The molecule has 4 N–H and O–H groups in total. The Morgan fingerprint density at radius 3 is 2.55 bits per heavy atom. The van der Waals surface area contributed by atoms with Gasteiger partial charge in [-0.1, -0.05) is 38.1 Å². The molecule has 2 atom stereocenters. The first-order valence-electron chi connectivity index (χ1n) is 14.0. The summed E-state index contributed by atoms with van der Waals surface area (Å²) in [5.74, 6) is 0.0536. The Balaban J connectivity index is 1.36. The number of aromatic nitrogens is 4. The average molecular weight is 681 g/mol. The number of hydrogen-bond acceptors (Lipinski definition) is 7. The summed E-state index contributed by atoms with van der Waals surface area (Å²) in [5, 5.41) is 10.5. The van der Waals surface area contributed by atoms with Crippen LogP contribution in [0.2, 0.25) is 0 Å². The van der Waals surface area contributed by atoms with Crippen LogP contribution in [0.5, 0.6) is 0 Å². The lowest BCUT2D eigenvalue weighted by atomic mass is 10.0. The number of H-pyrrole nitrogens is 1. The number of nitrogens with zero attached hydrogens (tertiary/aromatic N) is 4. The fourth-order valence-electron chi connectivity index (χ4n) is 4.49. The molecule has 4 aromatic rings. The number of halogens is 1. The minimum atomic E-state index is -0.257. The van der Waals surface area contributed by atoms with Crippen LogP contribution >= 0.6 is 22.6 Å². The van der Waals surface area contributed by atoms with Crippen molar-refractivity contribution in [3.8, 4) is 11.3 Å². The van der Waals surface area contributed by atoms with Crippen molar-refractivity contribution in [2.75, 3.05) is 31.3 Å². The van der Waals surface area contributed by atoms with Gasteiger partial charge in [-0.3, -0.25) is 9.59 Å². The van der Waals surface area contributed by atoms with Gasteiger partial charge in [0.1, 0.15) is 5.69 Å². The monoisotopic (exact) mass is 680 g/mol. The highest BCUT2D eigenvalue weighted by atomic mass is 127. The lowest BCUT2D eigenvalue weighted by molar-refractivity contribution is -0.111. The molecule has 3 heterocycles. The van der Waals surface area contributed by atoms with Crippen molar-refractivity contribution in [1.29, 1.82) is 0 Å². The molecular weight excluding hydrogens is 643 g/mol. The molecule has 0 saturated heterocycles. The van der Waals surface area contributed by atoms with Crippen LogP contribution in [0.1, 0.15) is 43.6 Å². The molecule has 220 valence electrons. The van der Waals surface area contributed by atoms with Crippen molar-refractivity contribution in [1.82, 2.24) is 30.2 Å². The van der Waals surface area contributed by atoms with E-state index in [4.69, 9.17) is 4.98 Å². The third kappa shape index (κ3) is 8.35. The summed E-state index contributed by atoms with van der Waals surface area (Å²) in [5.41, 5.74) is 3.78. The van der Waals surface area contributed by atoms with Crippen LogP contribution in [-0.2, 0) is 4.79 Å². The second-order valence-electron chi connectivity index (χ2n) is 10.3.